The standard InChI is InChI=1S/C10H10ClN3.C10H12ClN3.C9H8ClN3O2.C9H10ClN3.C7H5ClN2/c11-6-3-8-7-1-2-12-5-9(7)14-10(8)13-4-6;1-14(2)6-7-4-12-10-9(7)3-8(11)5-13-10;10-7-3-8-6(1-2-13(14)15)4-11-9(8)12-5-7;10-7-3-8-6(1-2-11)4-12-9(8)13-5-7;8-6-3-5-1-2-9-7(5)10-4-6/h3-4,12H,1-2,5H2,(H,13,14);3-5H,6H2,1-2H3,(H,12,13);3-5H,1-2H2,(H,11,12);3-5H,1-2,11H2,(H,12,13);1-4H,(H,9,10). The van der Waals surface area contributed by atoms with Gasteiger partial charge in [-0.25, -0.2) is 24.9 Å². The molecule has 0 aromatic carbocycles. The van der Waals surface area contributed by atoms with Gasteiger partial charge in [0.2, 0.25) is 6.54 Å². The molecule has 0 spiro atoms. The summed E-state index contributed by atoms with van der Waals surface area (Å²) >= 11 is 29.2. The lowest BCUT2D eigenvalue weighted by Crippen LogP contribution is -2.22. The smallest absolute Gasteiger partial charge is 0.207 e. The number of nitrogens with two attached hydrogens (primary N) is 1. The first-order valence-corrected chi connectivity index (χ1v) is 22.5. The van der Waals surface area contributed by atoms with E-state index in [2.05, 4.69) is 60.1 Å². The Morgan fingerprint density at radius 3 is 1.68 bits per heavy atom. The zero-order valence-corrected chi connectivity index (χ0v) is 39.5. The third kappa shape index (κ3) is 12.5. The fraction of sp³-hybridized carbons (Fsp3) is 0.222. The van der Waals surface area contributed by atoms with Gasteiger partial charge in [-0.05, 0) is 98.7 Å². The maximum Gasteiger partial charge on any atom is 0.207 e. The van der Waals surface area contributed by atoms with Crippen molar-refractivity contribution < 1.29 is 4.92 Å². The summed E-state index contributed by atoms with van der Waals surface area (Å²) in [6, 6.07) is 11.4. The van der Waals surface area contributed by atoms with E-state index < -0.39 is 0 Å². The van der Waals surface area contributed by atoms with Crippen molar-refractivity contribution in [2.24, 2.45) is 5.73 Å². The lowest BCUT2D eigenvalue weighted by molar-refractivity contribution is -0.479. The number of aromatic nitrogens is 10. The molecule has 0 saturated carbocycles. The van der Waals surface area contributed by atoms with Crippen molar-refractivity contribution in [2.45, 2.75) is 32.4 Å². The normalized spacial score (nSPS) is 12.0. The highest BCUT2D eigenvalue weighted by molar-refractivity contribution is 6.32. The predicted molar refractivity (Wildman–Crippen MR) is 267 cm³/mol. The van der Waals surface area contributed by atoms with Crippen molar-refractivity contribution in [3.05, 3.63) is 155 Å². The molecule has 66 heavy (non-hydrogen) atoms. The molecule has 10 aromatic heterocycles. The van der Waals surface area contributed by atoms with E-state index in [4.69, 9.17) is 63.7 Å². The molecule has 0 atom stereocenters. The van der Waals surface area contributed by atoms with E-state index in [1.54, 1.807) is 37.1 Å². The number of pyridine rings is 5. The number of nitrogens with zero attached hydrogens (tertiary/aromatic N) is 7. The van der Waals surface area contributed by atoms with Crippen LogP contribution in [0.25, 0.3) is 55.2 Å². The van der Waals surface area contributed by atoms with Crippen molar-refractivity contribution in [1.29, 1.82) is 0 Å². The van der Waals surface area contributed by atoms with Crippen molar-refractivity contribution in [1.82, 2.24) is 60.1 Å². The summed E-state index contributed by atoms with van der Waals surface area (Å²) < 4.78 is 0. The Morgan fingerprint density at radius 1 is 0.652 bits per heavy atom. The molecule has 21 heteroatoms. The average Bonchev–Trinajstić information content (AvgIpc) is 4.15. The quantitative estimate of drug-likeness (QED) is 0.0590. The molecule has 0 saturated heterocycles. The number of halogens is 5. The molecule has 0 aliphatic carbocycles. The number of hydrogen-bond donors (Lipinski definition) is 7. The Hall–Kier alpha value is -5.82. The van der Waals surface area contributed by atoms with Crippen LogP contribution < -0.4 is 11.1 Å². The fourth-order valence-electron chi connectivity index (χ4n) is 7.28. The number of hydrogen-bond acceptors (Lipinski definition) is 10. The Bertz CT molecular complexity index is 3210. The van der Waals surface area contributed by atoms with Crippen LogP contribution in [0.15, 0.2) is 92.2 Å². The van der Waals surface area contributed by atoms with Crippen molar-refractivity contribution >= 4 is 113 Å². The summed E-state index contributed by atoms with van der Waals surface area (Å²) in [6.45, 7) is 3.39. The zero-order chi connectivity index (χ0) is 46.7. The first kappa shape index (κ1) is 48.1. The first-order chi connectivity index (χ1) is 31.8. The van der Waals surface area contributed by atoms with Gasteiger partial charge in [0.1, 0.15) is 28.2 Å². The Kier molecular flexibility index (Phi) is 16.5. The van der Waals surface area contributed by atoms with Crippen molar-refractivity contribution in [3.8, 4) is 0 Å². The van der Waals surface area contributed by atoms with Gasteiger partial charge in [-0.1, -0.05) is 58.0 Å². The van der Waals surface area contributed by atoms with Crippen LogP contribution in [0, 0.1) is 10.1 Å². The SMILES string of the molecule is CN(C)Cc1c[nH]c2ncc(Cl)cc12.Clc1cnc2[nH]c3c(c2c1)CCNC3.Clc1cnc2[nH]ccc2c1.NCCc1c[nH]c2ncc(Cl)cc12.O=[N+]([O-])CCc1c[nH]c2ncc(Cl)cc12. The van der Waals surface area contributed by atoms with Crippen LogP contribution in [0.4, 0.5) is 0 Å². The number of nitro groups is 1. The maximum absolute atomic E-state index is 10.3. The third-order valence-corrected chi connectivity index (χ3v) is 11.3. The number of H-pyrrole nitrogens is 5. The Labute approximate surface area is 403 Å². The zero-order valence-electron chi connectivity index (χ0n) is 35.7. The summed E-state index contributed by atoms with van der Waals surface area (Å²) in [4.78, 5) is 48.2. The highest BCUT2D eigenvalue weighted by Gasteiger charge is 2.15. The molecule has 0 unspecified atom stereocenters. The number of rotatable bonds is 7. The number of nitrogens with one attached hydrogen (secondary N) is 6. The topological polar surface area (TPSA) is 228 Å². The lowest BCUT2D eigenvalue weighted by atomic mass is 10.1. The van der Waals surface area contributed by atoms with Crippen molar-refractivity contribution in [2.75, 3.05) is 33.7 Å². The monoisotopic (exact) mass is 988 g/mol. The third-order valence-electron chi connectivity index (χ3n) is 10.2. The molecule has 0 amide bonds. The van der Waals surface area contributed by atoms with E-state index in [1.807, 2.05) is 63.0 Å². The van der Waals surface area contributed by atoms with E-state index in [-0.39, 0.29) is 11.5 Å². The molecule has 0 radical (unpaired) electrons. The largest absolute Gasteiger partial charge is 0.346 e. The van der Waals surface area contributed by atoms with Gasteiger partial charge in [-0.2, -0.15) is 0 Å². The molecule has 11 rings (SSSR count). The lowest BCUT2D eigenvalue weighted by Gasteiger charge is -2.12. The van der Waals surface area contributed by atoms with Gasteiger partial charge in [0.05, 0.1) is 25.1 Å². The van der Waals surface area contributed by atoms with Crippen LogP contribution in [-0.4, -0.2) is 93.4 Å². The average molecular weight is 991 g/mol. The van der Waals surface area contributed by atoms with Crippen LogP contribution in [0.2, 0.25) is 25.1 Å². The van der Waals surface area contributed by atoms with Gasteiger partial charge in [-0.3, -0.25) is 10.1 Å². The van der Waals surface area contributed by atoms with Crippen LogP contribution >= 0.6 is 58.0 Å². The summed E-state index contributed by atoms with van der Waals surface area (Å²) in [5, 5.41) is 22.1. The van der Waals surface area contributed by atoms with Crippen LogP contribution in [0.5, 0.6) is 0 Å². The minimum Gasteiger partial charge on any atom is -0.346 e. The second-order valence-corrected chi connectivity index (χ2v) is 17.5. The van der Waals surface area contributed by atoms with Gasteiger partial charge < -0.3 is 40.9 Å². The minimum absolute atomic E-state index is 0.0839. The summed E-state index contributed by atoms with van der Waals surface area (Å²) in [6.07, 6.45) is 17.9. The summed E-state index contributed by atoms with van der Waals surface area (Å²) in [5.41, 5.74) is 15.7. The van der Waals surface area contributed by atoms with E-state index >= 15 is 0 Å². The van der Waals surface area contributed by atoms with Gasteiger partial charge >= 0.3 is 0 Å². The molecule has 1 aliphatic rings. The Balaban J connectivity index is 0.000000123. The first-order valence-electron chi connectivity index (χ1n) is 20.6. The van der Waals surface area contributed by atoms with E-state index in [0.29, 0.717) is 43.7 Å². The predicted octanol–water partition coefficient (Wildman–Crippen LogP) is 10.1. The molecular weight excluding hydrogens is 946 g/mol. The highest BCUT2D eigenvalue weighted by atomic mass is 35.5. The van der Waals surface area contributed by atoms with E-state index in [0.717, 1.165) is 82.2 Å². The van der Waals surface area contributed by atoms with E-state index in [1.165, 1.54) is 34.0 Å². The molecule has 11 heterocycles. The van der Waals surface area contributed by atoms with Gasteiger partial charge in [0.25, 0.3) is 0 Å². The Morgan fingerprint density at radius 2 is 1.14 bits per heavy atom. The van der Waals surface area contributed by atoms with Crippen LogP contribution in [-0.2, 0) is 32.4 Å². The maximum atomic E-state index is 10.3. The molecule has 0 bridgehead atoms. The molecule has 10 aromatic rings. The molecular formula is C45H45Cl5N14O2. The van der Waals surface area contributed by atoms with Gasteiger partial charge in [-0.15, -0.1) is 0 Å². The molecule has 342 valence electrons. The molecule has 16 nitrogen and oxygen atoms in total. The minimum atomic E-state index is -0.336. The summed E-state index contributed by atoms with van der Waals surface area (Å²) in [5.74, 6) is 0. The van der Waals surface area contributed by atoms with Crippen LogP contribution in [0.3, 0.4) is 0 Å². The van der Waals surface area contributed by atoms with E-state index in [9.17, 15) is 10.1 Å². The summed E-state index contributed by atoms with van der Waals surface area (Å²) in [7, 11) is 4.08. The van der Waals surface area contributed by atoms with Crippen molar-refractivity contribution in [3.63, 3.8) is 0 Å². The second-order valence-electron chi connectivity index (χ2n) is 15.3. The molecule has 1 aliphatic heterocycles. The molecule has 0 fully saturated rings. The molecule has 8 N–H and O–H groups in total. The fourth-order valence-corrected chi connectivity index (χ4v) is 8.07. The highest BCUT2D eigenvalue weighted by Crippen LogP contribution is 2.26. The van der Waals surface area contributed by atoms with Gasteiger partial charge in [0, 0.05) is 113 Å². The second kappa shape index (κ2) is 22.6. The number of aromatic amines is 5. The van der Waals surface area contributed by atoms with Crippen LogP contribution in [0.1, 0.15) is 27.9 Å². The van der Waals surface area contributed by atoms with Gasteiger partial charge in [0.15, 0.2) is 0 Å². The number of fused-ring (bicyclic) bond motifs is 7.